The molecule has 2 aliphatic rings. The average molecular weight is 252 g/mol. The number of nitrogens with one attached hydrogen (secondary N) is 1. The van der Waals surface area contributed by atoms with Gasteiger partial charge in [0.25, 0.3) is 0 Å². The van der Waals surface area contributed by atoms with Crippen LogP contribution in [0.25, 0.3) is 0 Å². The van der Waals surface area contributed by atoms with Crippen molar-refractivity contribution >= 4 is 5.91 Å². The van der Waals surface area contributed by atoms with Gasteiger partial charge in [-0.1, -0.05) is 41.0 Å². The maximum atomic E-state index is 12.7. The van der Waals surface area contributed by atoms with E-state index in [-0.39, 0.29) is 12.2 Å². The van der Waals surface area contributed by atoms with Crippen molar-refractivity contribution in [3.63, 3.8) is 0 Å². The Hall–Kier alpha value is -0.570. The highest BCUT2D eigenvalue weighted by Gasteiger charge is 2.46. The molecule has 1 heterocycles. The molecule has 1 saturated heterocycles. The maximum Gasteiger partial charge on any atom is 0.241 e. The Morgan fingerprint density at radius 1 is 1.17 bits per heavy atom. The van der Waals surface area contributed by atoms with Crippen LogP contribution in [0.1, 0.15) is 53.9 Å². The van der Waals surface area contributed by atoms with Gasteiger partial charge in [0.1, 0.15) is 0 Å². The molecule has 4 unspecified atom stereocenters. The summed E-state index contributed by atoms with van der Waals surface area (Å²) in [7, 11) is 0. The fraction of sp³-hybridized carbons (Fsp3) is 0.933. The molecule has 2 rings (SSSR count). The fourth-order valence-electron chi connectivity index (χ4n) is 3.53. The van der Waals surface area contributed by atoms with Crippen LogP contribution in [-0.2, 0) is 4.79 Å². The first-order chi connectivity index (χ1) is 8.43. The molecule has 0 aromatic heterocycles. The van der Waals surface area contributed by atoms with Crippen molar-refractivity contribution < 1.29 is 4.79 Å². The highest BCUT2D eigenvalue weighted by atomic mass is 16.2. The second-order valence-electron chi connectivity index (χ2n) is 6.80. The number of carbonyl (C=O) groups excluding carboxylic acids is 1. The average Bonchev–Trinajstić information content (AvgIpc) is 2.82. The van der Waals surface area contributed by atoms with Gasteiger partial charge in [-0.25, -0.2) is 0 Å². The van der Waals surface area contributed by atoms with Gasteiger partial charge in [0, 0.05) is 6.04 Å². The lowest BCUT2D eigenvalue weighted by molar-refractivity contribution is -0.134. The van der Waals surface area contributed by atoms with Crippen LogP contribution in [0.4, 0.5) is 0 Å². The number of nitrogens with zero attached hydrogens (tertiary/aromatic N) is 1. The van der Waals surface area contributed by atoms with Crippen molar-refractivity contribution in [3.05, 3.63) is 0 Å². The van der Waals surface area contributed by atoms with E-state index in [1.165, 1.54) is 19.3 Å². The lowest BCUT2D eigenvalue weighted by Gasteiger charge is -2.34. The topological polar surface area (TPSA) is 32.3 Å². The Labute approximate surface area is 111 Å². The summed E-state index contributed by atoms with van der Waals surface area (Å²) < 4.78 is 0. The Morgan fingerprint density at radius 2 is 1.83 bits per heavy atom. The zero-order valence-electron chi connectivity index (χ0n) is 12.4. The van der Waals surface area contributed by atoms with Crippen LogP contribution in [-0.4, -0.2) is 29.1 Å². The number of amides is 1. The monoisotopic (exact) mass is 252 g/mol. The van der Waals surface area contributed by atoms with E-state index in [2.05, 4.69) is 44.8 Å². The van der Waals surface area contributed by atoms with E-state index >= 15 is 0 Å². The summed E-state index contributed by atoms with van der Waals surface area (Å²) in [4.78, 5) is 14.8. The maximum absolute atomic E-state index is 12.7. The zero-order valence-corrected chi connectivity index (χ0v) is 12.4. The first-order valence-electron chi connectivity index (χ1n) is 7.51. The third kappa shape index (κ3) is 2.29. The minimum absolute atomic E-state index is 0.0187. The first kappa shape index (κ1) is 13.9. The Balaban J connectivity index is 2.21. The fourth-order valence-corrected chi connectivity index (χ4v) is 3.53. The van der Waals surface area contributed by atoms with Crippen LogP contribution < -0.4 is 5.32 Å². The van der Waals surface area contributed by atoms with Crippen LogP contribution in [0.15, 0.2) is 0 Å². The van der Waals surface area contributed by atoms with Crippen molar-refractivity contribution in [2.75, 3.05) is 0 Å². The van der Waals surface area contributed by atoms with E-state index in [0.29, 0.717) is 29.7 Å². The van der Waals surface area contributed by atoms with Crippen molar-refractivity contribution in [1.29, 1.82) is 0 Å². The minimum Gasteiger partial charge on any atom is -0.322 e. The quantitative estimate of drug-likeness (QED) is 0.837. The molecule has 0 aromatic carbocycles. The summed E-state index contributed by atoms with van der Waals surface area (Å²) in [6, 6.07) is 0.478. The second kappa shape index (κ2) is 5.20. The zero-order chi connectivity index (χ0) is 13.4. The van der Waals surface area contributed by atoms with Gasteiger partial charge in [-0.15, -0.1) is 0 Å². The Bertz CT molecular complexity index is 314. The van der Waals surface area contributed by atoms with Gasteiger partial charge in [-0.05, 0) is 30.6 Å². The molecule has 0 bridgehead atoms. The molecule has 1 saturated carbocycles. The number of hydrogen-bond acceptors (Lipinski definition) is 2. The highest BCUT2D eigenvalue weighted by molar-refractivity contribution is 5.85. The second-order valence-corrected chi connectivity index (χ2v) is 6.80. The van der Waals surface area contributed by atoms with Crippen LogP contribution in [0.3, 0.4) is 0 Å². The summed E-state index contributed by atoms with van der Waals surface area (Å²) in [5, 5.41) is 3.56. The van der Waals surface area contributed by atoms with Crippen LogP contribution in [0.5, 0.6) is 0 Å². The molecule has 3 heteroatoms. The van der Waals surface area contributed by atoms with Gasteiger partial charge >= 0.3 is 0 Å². The summed E-state index contributed by atoms with van der Waals surface area (Å²) in [6.45, 7) is 11.0. The summed E-state index contributed by atoms with van der Waals surface area (Å²) in [5.41, 5.74) is 0. The molecule has 0 aromatic rings. The van der Waals surface area contributed by atoms with E-state index in [9.17, 15) is 4.79 Å². The molecule has 4 atom stereocenters. The predicted octanol–water partition coefficient (Wildman–Crippen LogP) is 2.61. The molecule has 0 spiro atoms. The van der Waals surface area contributed by atoms with Gasteiger partial charge < -0.3 is 4.90 Å². The molecule has 18 heavy (non-hydrogen) atoms. The molecular formula is C15H28N2O. The molecule has 2 fully saturated rings. The lowest BCUT2D eigenvalue weighted by Crippen LogP contribution is -2.48. The predicted molar refractivity (Wildman–Crippen MR) is 74.0 cm³/mol. The van der Waals surface area contributed by atoms with E-state index in [4.69, 9.17) is 0 Å². The highest BCUT2D eigenvalue weighted by Crippen LogP contribution is 2.35. The van der Waals surface area contributed by atoms with E-state index in [0.717, 1.165) is 0 Å². The van der Waals surface area contributed by atoms with Gasteiger partial charge in [-0.3, -0.25) is 10.1 Å². The van der Waals surface area contributed by atoms with Crippen molar-refractivity contribution in [2.45, 2.75) is 72.1 Å². The third-order valence-corrected chi connectivity index (χ3v) is 4.64. The molecule has 1 N–H and O–H groups in total. The van der Waals surface area contributed by atoms with E-state index in [1.54, 1.807) is 0 Å². The molecule has 1 amide bonds. The summed E-state index contributed by atoms with van der Waals surface area (Å²) in [5.74, 6) is 1.84. The lowest BCUT2D eigenvalue weighted by atomic mass is 10.0. The molecule has 1 aliphatic carbocycles. The SMILES string of the molecule is CC(C)C1NC(C(C)C)N(C2CCCC2C)C1=O. The standard InChI is InChI=1S/C15H28N2O/c1-9(2)13-15(18)17(14(16-13)10(3)4)12-8-6-7-11(12)5/h9-14,16H,6-8H2,1-5H3. The van der Waals surface area contributed by atoms with Crippen LogP contribution >= 0.6 is 0 Å². The van der Waals surface area contributed by atoms with E-state index < -0.39 is 0 Å². The number of carbonyl (C=O) groups is 1. The summed E-state index contributed by atoms with van der Waals surface area (Å²) >= 11 is 0. The third-order valence-electron chi connectivity index (χ3n) is 4.64. The molecule has 104 valence electrons. The molecule has 1 aliphatic heterocycles. The largest absolute Gasteiger partial charge is 0.322 e. The van der Waals surface area contributed by atoms with Crippen molar-refractivity contribution in [3.8, 4) is 0 Å². The normalized spacial score (nSPS) is 37.3. The summed E-state index contributed by atoms with van der Waals surface area (Å²) in [6.07, 6.45) is 3.96. The smallest absolute Gasteiger partial charge is 0.241 e. The molecule has 0 radical (unpaired) electrons. The van der Waals surface area contributed by atoms with Gasteiger partial charge in [-0.2, -0.15) is 0 Å². The van der Waals surface area contributed by atoms with Gasteiger partial charge in [0.05, 0.1) is 12.2 Å². The van der Waals surface area contributed by atoms with Gasteiger partial charge in [0.15, 0.2) is 0 Å². The Kier molecular flexibility index (Phi) is 4.00. The number of rotatable bonds is 3. The van der Waals surface area contributed by atoms with Crippen molar-refractivity contribution in [2.24, 2.45) is 17.8 Å². The van der Waals surface area contributed by atoms with Crippen molar-refractivity contribution in [1.82, 2.24) is 10.2 Å². The Morgan fingerprint density at radius 3 is 2.28 bits per heavy atom. The number of hydrogen-bond donors (Lipinski definition) is 1. The van der Waals surface area contributed by atoms with Crippen LogP contribution in [0, 0.1) is 17.8 Å². The molecule has 3 nitrogen and oxygen atoms in total. The van der Waals surface area contributed by atoms with Crippen LogP contribution in [0.2, 0.25) is 0 Å². The molecular weight excluding hydrogens is 224 g/mol. The minimum atomic E-state index is 0.0187. The first-order valence-corrected chi connectivity index (χ1v) is 7.51. The van der Waals surface area contributed by atoms with E-state index in [1.807, 2.05) is 0 Å². The van der Waals surface area contributed by atoms with Gasteiger partial charge in [0.2, 0.25) is 5.91 Å².